The molecule has 0 radical (unpaired) electrons. The van der Waals surface area contributed by atoms with E-state index >= 15 is 0 Å². The van der Waals surface area contributed by atoms with E-state index in [1.54, 1.807) is 12.1 Å². The van der Waals surface area contributed by atoms with Gasteiger partial charge in [0, 0.05) is 18.6 Å². The maximum Gasteiger partial charge on any atom is 0.123 e. The number of nitrogens with one attached hydrogen (secondary N) is 1. The Morgan fingerprint density at radius 1 is 1.42 bits per heavy atom. The van der Waals surface area contributed by atoms with E-state index in [1.165, 1.54) is 18.9 Å². The molecule has 0 bridgehead atoms. The lowest BCUT2D eigenvalue weighted by atomic mass is 9.74. The van der Waals surface area contributed by atoms with Gasteiger partial charge in [-0.2, -0.15) is 0 Å². The zero-order valence-electron chi connectivity index (χ0n) is 11.5. The molecule has 1 saturated heterocycles. The van der Waals surface area contributed by atoms with Gasteiger partial charge in [0.15, 0.2) is 0 Å². The molecule has 1 heterocycles. The zero-order valence-corrected chi connectivity index (χ0v) is 11.5. The Labute approximate surface area is 114 Å². The van der Waals surface area contributed by atoms with Gasteiger partial charge in [-0.3, -0.25) is 0 Å². The van der Waals surface area contributed by atoms with Crippen LogP contribution in [0, 0.1) is 17.2 Å². The molecule has 104 valence electrons. The molecule has 1 aliphatic heterocycles. The molecule has 1 aromatic carbocycles. The van der Waals surface area contributed by atoms with Crippen molar-refractivity contribution in [2.24, 2.45) is 11.3 Å². The molecule has 19 heavy (non-hydrogen) atoms. The standard InChI is InChI=1S/C16H22FNO/c1-18-11-16(7-8-19-15(16)13-5-6-13)10-12-3-2-4-14(17)9-12/h2-4,9,13,15,18H,5-8,10-11H2,1H3. The summed E-state index contributed by atoms with van der Waals surface area (Å²) >= 11 is 0. The van der Waals surface area contributed by atoms with Crippen LogP contribution in [0.1, 0.15) is 24.8 Å². The van der Waals surface area contributed by atoms with Gasteiger partial charge in [0.25, 0.3) is 0 Å². The number of benzene rings is 1. The third-order valence-electron chi connectivity index (χ3n) is 4.53. The molecule has 2 nitrogen and oxygen atoms in total. The molecule has 0 amide bonds. The predicted molar refractivity (Wildman–Crippen MR) is 73.5 cm³/mol. The molecule has 0 spiro atoms. The van der Waals surface area contributed by atoms with Crippen LogP contribution in [-0.2, 0) is 11.2 Å². The second-order valence-corrected chi connectivity index (χ2v) is 6.08. The number of rotatable bonds is 5. The first-order chi connectivity index (χ1) is 9.23. The summed E-state index contributed by atoms with van der Waals surface area (Å²) < 4.78 is 19.4. The first-order valence-electron chi connectivity index (χ1n) is 7.24. The van der Waals surface area contributed by atoms with Crippen LogP contribution in [0.3, 0.4) is 0 Å². The predicted octanol–water partition coefficient (Wildman–Crippen LogP) is 2.77. The second-order valence-electron chi connectivity index (χ2n) is 6.08. The first kappa shape index (κ1) is 13.1. The van der Waals surface area contributed by atoms with Gasteiger partial charge in [0.05, 0.1) is 6.10 Å². The van der Waals surface area contributed by atoms with Crippen molar-refractivity contribution in [1.29, 1.82) is 0 Å². The minimum Gasteiger partial charge on any atom is -0.377 e. The molecule has 0 aromatic heterocycles. The SMILES string of the molecule is CNCC1(Cc2cccc(F)c2)CCOC1C1CC1. The number of hydrogen-bond acceptors (Lipinski definition) is 2. The molecular weight excluding hydrogens is 241 g/mol. The number of hydrogen-bond donors (Lipinski definition) is 1. The van der Waals surface area contributed by atoms with E-state index in [-0.39, 0.29) is 11.2 Å². The maximum absolute atomic E-state index is 13.4. The van der Waals surface area contributed by atoms with Gasteiger partial charge in [0.1, 0.15) is 5.82 Å². The molecule has 1 aliphatic carbocycles. The summed E-state index contributed by atoms with van der Waals surface area (Å²) in [4.78, 5) is 0. The van der Waals surface area contributed by atoms with E-state index in [2.05, 4.69) is 5.32 Å². The highest BCUT2D eigenvalue weighted by atomic mass is 19.1. The van der Waals surface area contributed by atoms with Crippen molar-refractivity contribution in [3.63, 3.8) is 0 Å². The fourth-order valence-electron chi connectivity index (χ4n) is 3.59. The summed E-state index contributed by atoms with van der Waals surface area (Å²) in [7, 11) is 2.00. The van der Waals surface area contributed by atoms with Gasteiger partial charge in [0.2, 0.25) is 0 Å². The molecule has 2 unspecified atom stereocenters. The van der Waals surface area contributed by atoms with Crippen LogP contribution in [0.2, 0.25) is 0 Å². The fraction of sp³-hybridized carbons (Fsp3) is 0.625. The van der Waals surface area contributed by atoms with Crippen LogP contribution in [-0.4, -0.2) is 26.3 Å². The lowest BCUT2D eigenvalue weighted by molar-refractivity contribution is 0.0314. The van der Waals surface area contributed by atoms with Crippen molar-refractivity contribution >= 4 is 0 Å². The highest BCUT2D eigenvalue weighted by Crippen LogP contribution is 2.49. The summed E-state index contributed by atoms with van der Waals surface area (Å²) in [6.07, 6.45) is 4.92. The Hall–Kier alpha value is -0.930. The van der Waals surface area contributed by atoms with E-state index < -0.39 is 0 Å². The summed E-state index contributed by atoms with van der Waals surface area (Å²) in [5.41, 5.74) is 1.23. The molecule has 1 aromatic rings. The van der Waals surface area contributed by atoms with E-state index in [0.717, 1.165) is 37.5 Å². The van der Waals surface area contributed by atoms with Crippen LogP contribution < -0.4 is 5.32 Å². The lowest BCUT2D eigenvalue weighted by Crippen LogP contribution is -2.42. The second kappa shape index (κ2) is 5.22. The highest BCUT2D eigenvalue weighted by Gasteiger charge is 2.50. The van der Waals surface area contributed by atoms with Crippen molar-refractivity contribution in [3.05, 3.63) is 35.6 Å². The van der Waals surface area contributed by atoms with Crippen LogP contribution in [0.15, 0.2) is 24.3 Å². The summed E-state index contributed by atoms with van der Waals surface area (Å²) in [6.45, 7) is 1.79. The monoisotopic (exact) mass is 263 g/mol. The van der Waals surface area contributed by atoms with Gasteiger partial charge in [-0.05, 0) is 56.3 Å². The van der Waals surface area contributed by atoms with E-state index in [9.17, 15) is 4.39 Å². The molecule has 1 N–H and O–H groups in total. The molecule has 1 saturated carbocycles. The third-order valence-corrected chi connectivity index (χ3v) is 4.53. The van der Waals surface area contributed by atoms with Crippen molar-refractivity contribution in [1.82, 2.24) is 5.32 Å². The Bertz CT molecular complexity index is 446. The van der Waals surface area contributed by atoms with Crippen LogP contribution in [0.5, 0.6) is 0 Å². The van der Waals surface area contributed by atoms with Gasteiger partial charge >= 0.3 is 0 Å². The largest absolute Gasteiger partial charge is 0.377 e. The Kier molecular flexibility index (Phi) is 3.59. The van der Waals surface area contributed by atoms with Gasteiger partial charge in [-0.15, -0.1) is 0 Å². The molecule has 3 rings (SSSR count). The smallest absolute Gasteiger partial charge is 0.123 e. The first-order valence-corrected chi connectivity index (χ1v) is 7.24. The van der Waals surface area contributed by atoms with Crippen molar-refractivity contribution in [2.45, 2.75) is 31.8 Å². The van der Waals surface area contributed by atoms with Crippen LogP contribution >= 0.6 is 0 Å². The number of halogens is 1. The molecular formula is C16H22FNO. The maximum atomic E-state index is 13.4. The fourth-order valence-corrected chi connectivity index (χ4v) is 3.59. The molecule has 2 atom stereocenters. The number of ether oxygens (including phenoxy) is 1. The molecule has 2 fully saturated rings. The van der Waals surface area contributed by atoms with Gasteiger partial charge < -0.3 is 10.1 Å². The van der Waals surface area contributed by atoms with Crippen molar-refractivity contribution in [3.8, 4) is 0 Å². The Morgan fingerprint density at radius 3 is 2.95 bits per heavy atom. The highest BCUT2D eigenvalue weighted by molar-refractivity contribution is 5.20. The third kappa shape index (κ3) is 2.67. The minimum absolute atomic E-state index is 0.140. The average Bonchev–Trinajstić information content (AvgIpc) is 3.13. The van der Waals surface area contributed by atoms with Crippen molar-refractivity contribution in [2.75, 3.05) is 20.2 Å². The Balaban J connectivity index is 1.83. The zero-order chi connectivity index (χ0) is 13.3. The van der Waals surface area contributed by atoms with E-state index in [1.807, 2.05) is 13.1 Å². The summed E-state index contributed by atoms with van der Waals surface area (Å²) in [6, 6.07) is 7.01. The minimum atomic E-state index is -0.140. The topological polar surface area (TPSA) is 21.3 Å². The molecule has 3 heteroatoms. The van der Waals surface area contributed by atoms with Crippen LogP contribution in [0.25, 0.3) is 0 Å². The molecule has 2 aliphatic rings. The van der Waals surface area contributed by atoms with Gasteiger partial charge in [-0.25, -0.2) is 4.39 Å². The van der Waals surface area contributed by atoms with Gasteiger partial charge in [-0.1, -0.05) is 12.1 Å². The summed E-state index contributed by atoms with van der Waals surface area (Å²) in [5, 5.41) is 3.32. The normalized spacial score (nSPS) is 30.7. The Morgan fingerprint density at radius 2 is 2.26 bits per heavy atom. The quantitative estimate of drug-likeness (QED) is 0.882. The summed E-state index contributed by atoms with van der Waals surface area (Å²) in [5.74, 6) is 0.586. The van der Waals surface area contributed by atoms with Crippen LogP contribution in [0.4, 0.5) is 4.39 Å². The average molecular weight is 263 g/mol. The lowest BCUT2D eigenvalue weighted by Gasteiger charge is -2.34. The van der Waals surface area contributed by atoms with Crippen molar-refractivity contribution < 1.29 is 9.13 Å². The van der Waals surface area contributed by atoms with E-state index in [0.29, 0.717) is 6.10 Å². The van der Waals surface area contributed by atoms with E-state index in [4.69, 9.17) is 4.74 Å².